The van der Waals surface area contributed by atoms with Crippen molar-refractivity contribution in [3.8, 4) is 0 Å². The van der Waals surface area contributed by atoms with E-state index in [1.165, 1.54) is 0 Å². The Morgan fingerprint density at radius 2 is 2.08 bits per heavy atom. The van der Waals surface area contributed by atoms with E-state index in [0.29, 0.717) is 11.5 Å². The van der Waals surface area contributed by atoms with E-state index in [1.807, 2.05) is 0 Å². The third kappa shape index (κ3) is 2.03. The molecule has 2 fully saturated rings. The molecule has 0 aromatic carbocycles. The zero-order valence-electron chi connectivity index (χ0n) is 7.65. The van der Waals surface area contributed by atoms with Crippen LogP contribution in [0.4, 0.5) is 0 Å². The summed E-state index contributed by atoms with van der Waals surface area (Å²) in [7, 11) is -2.73. The highest BCUT2D eigenvalue weighted by atomic mass is 32.2. The average Bonchev–Trinajstić information content (AvgIpc) is 2.56. The van der Waals surface area contributed by atoms with E-state index < -0.39 is 9.84 Å². The van der Waals surface area contributed by atoms with Gasteiger partial charge in [0.25, 0.3) is 0 Å². The number of rotatable bonds is 1. The van der Waals surface area contributed by atoms with Crippen LogP contribution in [0.5, 0.6) is 0 Å². The summed E-state index contributed by atoms with van der Waals surface area (Å²) in [4.78, 5) is 2.23. The lowest BCUT2D eigenvalue weighted by molar-refractivity contribution is 0.260. The van der Waals surface area contributed by atoms with Gasteiger partial charge in [0.2, 0.25) is 0 Å². The maximum Gasteiger partial charge on any atom is 0.151 e. The largest absolute Gasteiger partial charge is 0.326 e. The number of nitrogens with two attached hydrogens (primary N) is 1. The van der Waals surface area contributed by atoms with Crippen molar-refractivity contribution in [2.45, 2.75) is 24.9 Å². The molecule has 2 saturated heterocycles. The summed E-state index contributed by atoms with van der Waals surface area (Å²) < 4.78 is 22.4. The Hall–Kier alpha value is -0.130. The van der Waals surface area contributed by atoms with Crippen LogP contribution in [0.15, 0.2) is 0 Å². The first-order chi connectivity index (χ1) is 6.07. The molecule has 13 heavy (non-hydrogen) atoms. The van der Waals surface area contributed by atoms with Crippen LogP contribution in [0.25, 0.3) is 0 Å². The van der Waals surface area contributed by atoms with Crippen molar-refractivity contribution in [2.24, 2.45) is 5.73 Å². The summed E-state index contributed by atoms with van der Waals surface area (Å²) in [6.45, 7) is 1.85. The molecule has 0 amide bonds. The summed E-state index contributed by atoms with van der Waals surface area (Å²) >= 11 is 0. The minimum atomic E-state index is -2.73. The van der Waals surface area contributed by atoms with Crippen molar-refractivity contribution in [3.63, 3.8) is 0 Å². The first-order valence-corrected chi connectivity index (χ1v) is 6.59. The van der Waals surface area contributed by atoms with Crippen molar-refractivity contribution in [1.82, 2.24) is 4.90 Å². The Morgan fingerprint density at radius 1 is 1.31 bits per heavy atom. The van der Waals surface area contributed by atoms with Crippen LogP contribution in [0.2, 0.25) is 0 Å². The quantitative estimate of drug-likeness (QED) is 0.608. The van der Waals surface area contributed by atoms with Gasteiger partial charge < -0.3 is 5.73 Å². The molecule has 4 nitrogen and oxygen atoms in total. The fraction of sp³-hybridized carbons (Fsp3) is 1.00. The topological polar surface area (TPSA) is 63.4 Å². The summed E-state index contributed by atoms with van der Waals surface area (Å²) in [6.07, 6.45) is 1.81. The SMILES string of the molecule is N[C@@H]1CCN(C2CCS(=O)(=O)C2)C1. The molecule has 2 aliphatic heterocycles. The summed E-state index contributed by atoms with van der Waals surface area (Å²) in [6, 6.07) is 0.502. The van der Waals surface area contributed by atoms with Gasteiger partial charge in [-0.25, -0.2) is 8.42 Å². The summed E-state index contributed by atoms with van der Waals surface area (Å²) in [5, 5.41) is 0. The monoisotopic (exact) mass is 204 g/mol. The first kappa shape index (κ1) is 9.43. The second kappa shape index (κ2) is 3.22. The van der Waals surface area contributed by atoms with E-state index >= 15 is 0 Å². The Balaban J connectivity index is 1.97. The van der Waals surface area contributed by atoms with Crippen molar-refractivity contribution >= 4 is 9.84 Å². The molecular weight excluding hydrogens is 188 g/mol. The second-order valence-corrected chi connectivity index (χ2v) is 6.33. The van der Waals surface area contributed by atoms with E-state index in [0.717, 1.165) is 25.9 Å². The highest BCUT2D eigenvalue weighted by Gasteiger charge is 2.34. The molecule has 0 saturated carbocycles. The van der Waals surface area contributed by atoms with Gasteiger partial charge in [0.05, 0.1) is 11.5 Å². The standard InChI is InChI=1S/C8H16N2O2S/c9-7-1-3-10(5-7)8-2-4-13(11,12)6-8/h7-8H,1-6,9H2/t7-,8?/m1/s1. The molecule has 2 aliphatic rings. The van der Waals surface area contributed by atoms with Crippen LogP contribution in [0, 0.1) is 0 Å². The zero-order valence-corrected chi connectivity index (χ0v) is 8.46. The minimum Gasteiger partial charge on any atom is -0.326 e. The summed E-state index contributed by atoms with van der Waals surface area (Å²) in [5.74, 6) is 0.711. The van der Waals surface area contributed by atoms with E-state index in [-0.39, 0.29) is 12.1 Å². The third-order valence-electron chi connectivity index (χ3n) is 2.98. The molecular formula is C8H16N2O2S. The lowest BCUT2D eigenvalue weighted by Gasteiger charge is -2.21. The Morgan fingerprint density at radius 3 is 2.54 bits per heavy atom. The number of sulfone groups is 1. The van der Waals surface area contributed by atoms with Gasteiger partial charge in [-0.15, -0.1) is 0 Å². The van der Waals surface area contributed by atoms with Crippen molar-refractivity contribution in [2.75, 3.05) is 24.6 Å². The van der Waals surface area contributed by atoms with Gasteiger partial charge in [-0.3, -0.25) is 4.90 Å². The fourth-order valence-corrected chi connectivity index (χ4v) is 3.97. The van der Waals surface area contributed by atoms with Crippen LogP contribution < -0.4 is 5.73 Å². The Kier molecular flexibility index (Phi) is 2.33. The first-order valence-electron chi connectivity index (χ1n) is 4.77. The smallest absolute Gasteiger partial charge is 0.151 e. The van der Waals surface area contributed by atoms with Crippen LogP contribution in [0.3, 0.4) is 0 Å². The van der Waals surface area contributed by atoms with Gasteiger partial charge in [0.15, 0.2) is 9.84 Å². The predicted octanol–water partition coefficient (Wildman–Crippen LogP) is -0.793. The number of nitrogens with zero attached hydrogens (tertiary/aromatic N) is 1. The molecule has 0 radical (unpaired) electrons. The van der Waals surface area contributed by atoms with Crippen LogP contribution in [0.1, 0.15) is 12.8 Å². The molecule has 1 unspecified atom stereocenters. The van der Waals surface area contributed by atoms with Gasteiger partial charge in [-0.2, -0.15) is 0 Å². The lowest BCUT2D eigenvalue weighted by atomic mass is 10.2. The molecule has 0 aromatic rings. The van der Waals surface area contributed by atoms with E-state index in [9.17, 15) is 8.42 Å². The molecule has 0 aromatic heterocycles. The fourth-order valence-electron chi connectivity index (χ4n) is 2.21. The molecule has 5 heteroatoms. The molecule has 76 valence electrons. The molecule has 0 spiro atoms. The normalized spacial score (nSPS) is 39.8. The maximum absolute atomic E-state index is 11.2. The predicted molar refractivity (Wildman–Crippen MR) is 51.2 cm³/mol. The van der Waals surface area contributed by atoms with Crippen molar-refractivity contribution < 1.29 is 8.42 Å². The highest BCUT2D eigenvalue weighted by molar-refractivity contribution is 7.91. The van der Waals surface area contributed by atoms with Crippen LogP contribution in [-0.4, -0.2) is 50.0 Å². The number of hydrogen-bond acceptors (Lipinski definition) is 4. The third-order valence-corrected chi connectivity index (χ3v) is 4.73. The molecule has 0 bridgehead atoms. The van der Waals surface area contributed by atoms with E-state index in [2.05, 4.69) is 4.90 Å². The average molecular weight is 204 g/mol. The maximum atomic E-state index is 11.2. The highest BCUT2D eigenvalue weighted by Crippen LogP contribution is 2.21. The lowest BCUT2D eigenvalue weighted by Crippen LogP contribution is -2.36. The van der Waals surface area contributed by atoms with Crippen LogP contribution >= 0.6 is 0 Å². The van der Waals surface area contributed by atoms with E-state index in [1.54, 1.807) is 0 Å². The number of likely N-dealkylation sites (tertiary alicyclic amines) is 1. The minimum absolute atomic E-state index is 0.249. The van der Waals surface area contributed by atoms with Crippen LogP contribution in [-0.2, 0) is 9.84 Å². The van der Waals surface area contributed by atoms with Gasteiger partial charge >= 0.3 is 0 Å². The second-order valence-electron chi connectivity index (χ2n) is 4.10. The zero-order chi connectivity index (χ0) is 9.47. The Labute approximate surface area is 79.0 Å². The van der Waals surface area contributed by atoms with E-state index in [4.69, 9.17) is 5.73 Å². The van der Waals surface area contributed by atoms with Crippen molar-refractivity contribution in [1.29, 1.82) is 0 Å². The van der Waals surface area contributed by atoms with Gasteiger partial charge in [-0.1, -0.05) is 0 Å². The molecule has 2 N–H and O–H groups in total. The van der Waals surface area contributed by atoms with Gasteiger partial charge in [0.1, 0.15) is 0 Å². The van der Waals surface area contributed by atoms with Gasteiger partial charge in [-0.05, 0) is 12.8 Å². The summed E-state index contributed by atoms with van der Waals surface area (Å²) in [5.41, 5.74) is 5.77. The molecule has 2 heterocycles. The molecule has 2 rings (SSSR count). The molecule has 0 aliphatic carbocycles. The Bertz CT molecular complexity index is 289. The molecule has 2 atom stereocenters. The number of hydrogen-bond donors (Lipinski definition) is 1. The van der Waals surface area contributed by atoms with Crippen molar-refractivity contribution in [3.05, 3.63) is 0 Å². The van der Waals surface area contributed by atoms with Gasteiger partial charge in [0, 0.05) is 25.2 Å².